The number of esters is 1. The molecule has 2 aromatic rings. The van der Waals surface area contributed by atoms with Gasteiger partial charge in [0.2, 0.25) is 0 Å². The largest absolute Gasteiger partial charge is 0.451 e. The van der Waals surface area contributed by atoms with Crippen molar-refractivity contribution in [1.29, 1.82) is 0 Å². The molecule has 1 aromatic carbocycles. The predicted octanol–water partition coefficient (Wildman–Crippen LogP) is 3.70. The van der Waals surface area contributed by atoms with Crippen molar-refractivity contribution in [1.82, 2.24) is 4.90 Å². The molecule has 0 unspecified atom stereocenters. The molecule has 6 heteroatoms. The summed E-state index contributed by atoms with van der Waals surface area (Å²) in [5.74, 6) is -0.113. The second kappa shape index (κ2) is 6.89. The van der Waals surface area contributed by atoms with Crippen LogP contribution in [0.5, 0.6) is 0 Å². The average molecular weight is 349 g/mol. The highest BCUT2D eigenvalue weighted by atomic mass is 32.1. The Balaban J connectivity index is 1.60. The highest BCUT2D eigenvalue weighted by Crippen LogP contribution is 2.27. The fourth-order valence-electron chi connectivity index (χ4n) is 3.27. The zero-order valence-corrected chi connectivity index (χ0v) is 14.6. The van der Waals surface area contributed by atoms with Crippen LogP contribution >= 0.6 is 11.3 Å². The van der Waals surface area contributed by atoms with Gasteiger partial charge in [0.15, 0.2) is 6.61 Å². The maximum Gasteiger partial charge on any atom is 0.348 e. The number of halogens is 1. The number of fused-ring (bicyclic) bond motifs is 1. The number of piperidine rings is 1. The van der Waals surface area contributed by atoms with Crippen molar-refractivity contribution in [2.24, 2.45) is 11.8 Å². The molecular weight excluding hydrogens is 329 g/mol. The Bertz CT molecular complexity index is 763. The van der Waals surface area contributed by atoms with E-state index in [1.807, 2.05) is 0 Å². The summed E-state index contributed by atoms with van der Waals surface area (Å²) in [4.78, 5) is 26.5. The van der Waals surface area contributed by atoms with Gasteiger partial charge in [-0.25, -0.2) is 9.18 Å². The maximum absolute atomic E-state index is 13.2. The van der Waals surface area contributed by atoms with Crippen LogP contribution in [0.4, 0.5) is 4.39 Å². The van der Waals surface area contributed by atoms with Gasteiger partial charge in [-0.2, -0.15) is 0 Å². The summed E-state index contributed by atoms with van der Waals surface area (Å²) in [6, 6.07) is 5.97. The number of thiophene rings is 1. The van der Waals surface area contributed by atoms with Crippen molar-refractivity contribution < 1.29 is 18.7 Å². The fourth-order valence-corrected chi connectivity index (χ4v) is 4.21. The molecule has 2 heterocycles. The summed E-state index contributed by atoms with van der Waals surface area (Å²) in [6.07, 6.45) is 1.11. The quantitative estimate of drug-likeness (QED) is 0.794. The molecule has 1 amide bonds. The molecule has 1 fully saturated rings. The highest BCUT2D eigenvalue weighted by molar-refractivity contribution is 7.20. The third kappa shape index (κ3) is 3.75. The van der Waals surface area contributed by atoms with E-state index in [-0.39, 0.29) is 18.3 Å². The first-order valence-electron chi connectivity index (χ1n) is 8.06. The third-order valence-corrected chi connectivity index (χ3v) is 5.32. The number of benzene rings is 1. The van der Waals surface area contributed by atoms with E-state index in [0.29, 0.717) is 35.2 Å². The Hall–Kier alpha value is -1.95. The van der Waals surface area contributed by atoms with Crippen molar-refractivity contribution in [2.75, 3.05) is 19.7 Å². The van der Waals surface area contributed by atoms with Gasteiger partial charge in [-0.05, 0) is 47.9 Å². The standard InChI is InChI=1S/C18H20FNO3S/c1-11-5-12(2)9-20(8-11)17(21)10-23-18(22)16-7-13-6-14(19)3-4-15(13)24-16/h3-4,6-7,11-12H,5,8-10H2,1-2H3/t11-,12-/m1/s1. The van der Waals surface area contributed by atoms with E-state index < -0.39 is 5.97 Å². The van der Waals surface area contributed by atoms with Crippen LogP contribution in [0.1, 0.15) is 29.9 Å². The van der Waals surface area contributed by atoms with Gasteiger partial charge in [0.25, 0.3) is 5.91 Å². The summed E-state index contributed by atoms with van der Waals surface area (Å²) >= 11 is 1.24. The fraction of sp³-hybridized carbons (Fsp3) is 0.444. The highest BCUT2D eigenvalue weighted by Gasteiger charge is 2.26. The van der Waals surface area contributed by atoms with Crippen LogP contribution in [-0.2, 0) is 9.53 Å². The minimum Gasteiger partial charge on any atom is -0.451 e. The van der Waals surface area contributed by atoms with Crippen molar-refractivity contribution in [2.45, 2.75) is 20.3 Å². The normalized spacial score (nSPS) is 21.0. The number of amides is 1. The Morgan fingerprint density at radius 1 is 1.25 bits per heavy atom. The Labute approximate surface area is 144 Å². The molecule has 1 aromatic heterocycles. The second-order valence-electron chi connectivity index (χ2n) is 6.61. The number of rotatable bonds is 3. The van der Waals surface area contributed by atoms with Gasteiger partial charge in [-0.15, -0.1) is 11.3 Å². The monoisotopic (exact) mass is 349 g/mol. The number of carbonyl (C=O) groups is 2. The van der Waals surface area contributed by atoms with E-state index in [9.17, 15) is 14.0 Å². The van der Waals surface area contributed by atoms with E-state index in [1.165, 1.54) is 23.5 Å². The summed E-state index contributed by atoms with van der Waals surface area (Å²) in [6.45, 7) is 5.42. The minimum absolute atomic E-state index is 0.158. The molecule has 1 aliphatic heterocycles. The van der Waals surface area contributed by atoms with Gasteiger partial charge in [-0.1, -0.05) is 13.8 Å². The van der Waals surface area contributed by atoms with Crippen molar-refractivity contribution >= 4 is 33.3 Å². The van der Waals surface area contributed by atoms with Crippen LogP contribution in [0.3, 0.4) is 0 Å². The third-order valence-electron chi connectivity index (χ3n) is 4.23. The average Bonchev–Trinajstić information content (AvgIpc) is 2.94. The molecular formula is C18H20FNO3S. The van der Waals surface area contributed by atoms with Crippen LogP contribution in [0.2, 0.25) is 0 Å². The SMILES string of the molecule is C[C@@H]1C[C@@H](C)CN(C(=O)COC(=O)c2cc3cc(F)ccc3s2)C1. The zero-order valence-electron chi connectivity index (χ0n) is 13.8. The molecule has 0 bridgehead atoms. The van der Waals surface area contributed by atoms with Gasteiger partial charge in [0.05, 0.1) is 0 Å². The van der Waals surface area contributed by atoms with Crippen molar-refractivity contribution in [3.63, 3.8) is 0 Å². The first-order valence-corrected chi connectivity index (χ1v) is 8.88. The number of ether oxygens (including phenoxy) is 1. The van der Waals surface area contributed by atoms with Crippen LogP contribution in [0.25, 0.3) is 10.1 Å². The van der Waals surface area contributed by atoms with Gasteiger partial charge in [-0.3, -0.25) is 4.79 Å². The van der Waals surface area contributed by atoms with E-state index in [2.05, 4.69) is 13.8 Å². The molecule has 128 valence electrons. The molecule has 0 radical (unpaired) electrons. The lowest BCUT2D eigenvalue weighted by Gasteiger charge is -2.34. The van der Waals surface area contributed by atoms with Gasteiger partial charge in [0.1, 0.15) is 10.7 Å². The first kappa shape index (κ1) is 16.9. The number of likely N-dealkylation sites (tertiary alicyclic amines) is 1. The lowest BCUT2D eigenvalue weighted by molar-refractivity contribution is -0.137. The smallest absolute Gasteiger partial charge is 0.348 e. The van der Waals surface area contributed by atoms with Crippen molar-refractivity contribution in [3.8, 4) is 0 Å². The number of hydrogen-bond acceptors (Lipinski definition) is 4. The molecule has 3 rings (SSSR count). The zero-order chi connectivity index (χ0) is 17.3. The number of hydrogen-bond donors (Lipinski definition) is 0. The van der Waals surface area contributed by atoms with Crippen LogP contribution in [0.15, 0.2) is 24.3 Å². The topological polar surface area (TPSA) is 46.6 Å². The Morgan fingerprint density at radius 2 is 1.96 bits per heavy atom. The van der Waals surface area contributed by atoms with E-state index in [4.69, 9.17) is 4.74 Å². The molecule has 4 nitrogen and oxygen atoms in total. The molecule has 24 heavy (non-hydrogen) atoms. The molecule has 0 aliphatic carbocycles. The van der Waals surface area contributed by atoms with Gasteiger partial charge >= 0.3 is 5.97 Å². The molecule has 2 atom stereocenters. The van der Waals surface area contributed by atoms with E-state index >= 15 is 0 Å². The first-order chi connectivity index (χ1) is 11.4. The second-order valence-corrected chi connectivity index (χ2v) is 7.70. The molecule has 0 saturated carbocycles. The molecule has 1 saturated heterocycles. The van der Waals surface area contributed by atoms with E-state index in [1.54, 1.807) is 17.0 Å². The summed E-state index contributed by atoms with van der Waals surface area (Å²) < 4.78 is 19.2. The number of nitrogens with zero attached hydrogens (tertiary/aromatic N) is 1. The van der Waals surface area contributed by atoms with E-state index in [0.717, 1.165) is 11.1 Å². The van der Waals surface area contributed by atoms with Gasteiger partial charge in [0, 0.05) is 17.8 Å². The molecule has 1 aliphatic rings. The van der Waals surface area contributed by atoms with Crippen LogP contribution < -0.4 is 0 Å². The minimum atomic E-state index is -0.539. The lowest BCUT2D eigenvalue weighted by atomic mass is 9.92. The summed E-state index contributed by atoms with van der Waals surface area (Å²) in [5.41, 5.74) is 0. The van der Waals surface area contributed by atoms with Gasteiger partial charge < -0.3 is 9.64 Å². The molecule has 0 spiro atoms. The summed E-state index contributed by atoms with van der Waals surface area (Å²) in [5, 5.41) is 0.664. The summed E-state index contributed by atoms with van der Waals surface area (Å²) in [7, 11) is 0. The Kier molecular flexibility index (Phi) is 4.85. The maximum atomic E-state index is 13.2. The van der Waals surface area contributed by atoms with Crippen molar-refractivity contribution in [3.05, 3.63) is 35.0 Å². The Morgan fingerprint density at radius 3 is 2.67 bits per heavy atom. The molecule has 0 N–H and O–H groups in total. The van der Waals surface area contributed by atoms with Crippen LogP contribution in [-0.4, -0.2) is 36.5 Å². The number of carbonyl (C=O) groups excluding carboxylic acids is 2. The van der Waals surface area contributed by atoms with Crippen LogP contribution in [0, 0.1) is 17.7 Å². The predicted molar refractivity (Wildman–Crippen MR) is 91.6 cm³/mol. The lowest BCUT2D eigenvalue weighted by Crippen LogP contribution is -2.44.